The first-order valence-corrected chi connectivity index (χ1v) is 8.36. The highest BCUT2D eigenvalue weighted by molar-refractivity contribution is 6.30. The molecule has 2 heterocycles. The highest BCUT2D eigenvalue weighted by Gasteiger charge is 2.16. The highest BCUT2D eigenvalue weighted by Crippen LogP contribution is 2.19. The number of hydrogen-bond acceptors (Lipinski definition) is 4. The standard InChI is InChI=1S/C18H20ClN3O2/c1-13(14-3-2-4-15(19)11-14)21-18(23)17-12-16(5-6-20-17)22-7-9-24-10-8-22/h2-6,11-13H,7-10H2,1H3,(H,21,23)/t13-/m1/s1. The van der Waals surface area contributed by atoms with E-state index in [1.165, 1.54) is 0 Å². The van der Waals surface area contributed by atoms with E-state index in [4.69, 9.17) is 16.3 Å². The average molecular weight is 346 g/mol. The van der Waals surface area contributed by atoms with Crippen molar-refractivity contribution in [2.45, 2.75) is 13.0 Å². The number of halogens is 1. The summed E-state index contributed by atoms with van der Waals surface area (Å²) in [5.74, 6) is -0.197. The Morgan fingerprint density at radius 1 is 1.29 bits per heavy atom. The number of anilines is 1. The van der Waals surface area contributed by atoms with Crippen LogP contribution in [0.1, 0.15) is 29.0 Å². The van der Waals surface area contributed by atoms with Gasteiger partial charge in [-0.05, 0) is 36.8 Å². The van der Waals surface area contributed by atoms with E-state index in [1.54, 1.807) is 6.20 Å². The minimum Gasteiger partial charge on any atom is -0.378 e. The molecule has 0 radical (unpaired) electrons. The smallest absolute Gasteiger partial charge is 0.270 e. The van der Waals surface area contributed by atoms with Crippen molar-refractivity contribution < 1.29 is 9.53 Å². The molecule has 2 aromatic rings. The van der Waals surface area contributed by atoms with E-state index in [-0.39, 0.29) is 11.9 Å². The molecule has 3 rings (SSSR count). The van der Waals surface area contributed by atoms with Gasteiger partial charge in [0.15, 0.2) is 0 Å². The van der Waals surface area contributed by atoms with Gasteiger partial charge in [0.05, 0.1) is 19.3 Å². The van der Waals surface area contributed by atoms with Gasteiger partial charge in [-0.2, -0.15) is 0 Å². The second-order valence-corrected chi connectivity index (χ2v) is 6.19. The summed E-state index contributed by atoms with van der Waals surface area (Å²) >= 11 is 6.01. The second kappa shape index (κ2) is 7.64. The van der Waals surface area contributed by atoms with Gasteiger partial charge in [-0.1, -0.05) is 23.7 Å². The third-order valence-electron chi connectivity index (χ3n) is 4.05. The summed E-state index contributed by atoms with van der Waals surface area (Å²) in [6.45, 7) is 4.98. The number of hydrogen-bond donors (Lipinski definition) is 1. The van der Waals surface area contributed by atoms with Gasteiger partial charge in [0.2, 0.25) is 0 Å². The maximum absolute atomic E-state index is 12.5. The summed E-state index contributed by atoms with van der Waals surface area (Å²) < 4.78 is 5.36. The molecular weight excluding hydrogens is 326 g/mol. The van der Waals surface area contributed by atoms with Gasteiger partial charge in [0, 0.05) is 30.0 Å². The molecule has 24 heavy (non-hydrogen) atoms. The van der Waals surface area contributed by atoms with Gasteiger partial charge in [-0.3, -0.25) is 9.78 Å². The van der Waals surface area contributed by atoms with E-state index in [1.807, 2.05) is 43.3 Å². The quantitative estimate of drug-likeness (QED) is 0.925. The molecule has 126 valence electrons. The zero-order chi connectivity index (χ0) is 16.9. The molecule has 0 unspecified atom stereocenters. The van der Waals surface area contributed by atoms with Crippen LogP contribution in [0.5, 0.6) is 0 Å². The number of nitrogens with zero attached hydrogens (tertiary/aromatic N) is 2. The zero-order valence-corrected chi connectivity index (χ0v) is 14.3. The molecule has 1 aliphatic rings. The third kappa shape index (κ3) is 4.04. The first-order chi connectivity index (χ1) is 11.6. The molecule has 1 saturated heterocycles. The fourth-order valence-corrected chi connectivity index (χ4v) is 2.89. The van der Waals surface area contributed by atoms with E-state index in [0.29, 0.717) is 23.9 Å². The summed E-state index contributed by atoms with van der Waals surface area (Å²) in [5.41, 5.74) is 2.36. The Bertz CT molecular complexity index is 717. The fourth-order valence-electron chi connectivity index (χ4n) is 2.69. The maximum atomic E-state index is 12.5. The van der Waals surface area contributed by atoms with E-state index in [0.717, 1.165) is 24.3 Å². The molecule has 0 bridgehead atoms. The molecule has 1 aromatic heterocycles. The molecule has 1 atom stereocenters. The third-order valence-corrected chi connectivity index (χ3v) is 4.28. The SMILES string of the molecule is C[C@@H](NC(=O)c1cc(N2CCOCC2)ccn1)c1cccc(Cl)c1. The Morgan fingerprint density at radius 3 is 2.83 bits per heavy atom. The summed E-state index contributed by atoms with van der Waals surface area (Å²) in [4.78, 5) is 18.9. The molecule has 0 saturated carbocycles. The number of nitrogens with one attached hydrogen (secondary N) is 1. The van der Waals surface area contributed by atoms with E-state index in [2.05, 4.69) is 15.2 Å². The van der Waals surface area contributed by atoms with Crippen molar-refractivity contribution in [1.82, 2.24) is 10.3 Å². The summed E-state index contributed by atoms with van der Waals surface area (Å²) in [6, 6.07) is 11.1. The maximum Gasteiger partial charge on any atom is 0.270 e. The van der Waals surface area contributed by atoms with Crippen molar-refractivity contribution in [2.24, 2.45) is 0 Å². The Morgan fingerprint density at radius 2 is 2.08 bits per heavy atom. The van der Waals surface area contributed by atoms with Crippen molar-refractivity contribution in [3.8, 4) is 0 Å². The van der Waals surface area contributed by atoms with Gasteiger partial charge in [0.1, 0.15) is 5.69 Å². The first kappa shape index (κ1) is 16.7. The van der Waals surface area contributed by atoms with Crippen molar-refractivity contribution in [1.29, 1.82) is 0 Å². The topological polar surface area (TPSA) is 54.5 Å². The minimum absolute atomic E-state index is 0.148. The summed E-state index contributed by atoms with van der Waals surface area (Å²) in [5, 5.41) is 3.62. The van der Waals surface area contributed by atoms with Crippen molar-refractivity contribution in [3.05, 3.63) is 58.9 Å². The lowest BCUT2D eigenvalue weighted by molar-refractivity contribution is 0.0935. The zero-order valence-electron chi connectivity index (χ0n) is 13.5. The summed E-state index contributed by atoms with van der Waals surface area (Å²) in [7, 11) is 0. The van der Waals surface area contributed by atoms with Gasteiger partial charge in [-0.25, -0.2) is 0 Å². The number of rotatable bonds is 4. The molecule has 1 N–H and O–H groups in total. The van der Waals surface area contributed by atoms with Gasteiger partial charge < -0.3 is 15.0 Å². The largest absolute Gasteiger partial charge is 0.378 e. The number of benzene rings is 1. The van der Waals surface area contributed by atoms with Crippen LogP contribution in [0.4, 0.5) is 5.69 Å². The fraction of sp³-hybridized carbons (Fsp3) is 0.333. The molecule has 0 aliphatic carbocycles. The first-order valence-electron chi connectivity index (χ1n) is 7.98. The molecule has 1 aliphatic heterocycles. The summed E-state index contributed by atoms with van der Waals surface area (Å²) in [6.07, 6.45) is 1.67. The lowest BCUT2D eigenvalue weighted by Crippen LogP contribution is -2.36. The van der Waals surface area contributed by atoms with Crippen molar-refractivity contribution >= 4 is 23.2 Å². The second-order valence-electron chi connectivity index (χ2n) is 5.75. The predicted molar refractivity (Wildman–Crippen MR) is 94.6 cm³/mol. The number of amides is 1. The van der Waals surface area contributed by atoms with E-state index >= 15 is 0 Å². The minimum atomic E-state index is -0.197. The molecule has 1 amide bonds. The number of aromatic nitrogens is 1. The van der Waals surface area contributed by atoms with Crippen LogP contribution >= 0.6 is 11.6 Å². The molecule has 1 aromatic carbocycles. The van der Waals surface area contributed by atoms with Crippen LogP contribution in [-0.4, -0.2) is 37.2 Å². The Hall–Kier alpha value is -2.11. The molecule has 1 fully saturated rings. The van der Waals surface area contributed by atoms with E-state index in [9.17, 15) is 4.79 Å². The molecule has 0 spiro atoms. The average Bonchev–Trinajstić information content (AvgIpc) is 2.62. The van der Waals surface area contributed by atoms with Crippen LogP contribution in [0.3, 0.4) is 0 Å². The Labute approximate surface area is 146 Å². The highest BCUT2D eigenvalue weighted by atomic mass is 35.5. The van der Waals surface area contributed by atoms with E-state index < -0.39 is 0 Å². The Balaban J connectivity index is 1.70. The number of carbonyl (C=O) groups is 1. The van der Waals surface area contributed by atoms with Crippen LogP contribution in [0.15, 0.2) is 42.6 Å². The molecule has 5 nitrogen and oxygen atoms in total. The normalized spacial score (nSPS) is 15.8. The van der Waals surface area contributed by atoms with Crippen molar-refractivity contribution in [2.75, 3.05) is 31.2 Å². The van der Waals surface area contributed by atoms with Crippen LogP contribution in [-0.2, 0) is 4.74 Å². The number of ether oxygens (including phenoxy) is 1. The lowest BCUT2D eigenvalue weighted by atomic mass is 10.1. The monoisotopic (exact) mass is 345 g/mol. The number of pyridine rings is 1. The Kier molecular flexibility index (Phi) is 5.33. The van der Waals surface area contributed by atoms with Gasteiger partial charge in [0.25, 0.3) is 5.91 Å². The van der Waals surface area contributed by atoms with Crippen LogP contribution in [0.2, 0.25) is 5.02 Å². The van der Waals surface area contributed by atoms with Gasteiger partial charge in [-0.15, -0.1) is 0 Å². The van der Waals surface area contributed by atoms with Crippen LogP contribution in [0.25, 0.3) is 0 Å². The van der Waals surface area contributed by atoms with Crippen LogP contribution < -0.4 is 10.2 Å². The van der Waals surface area contributed by atoms with Crippen molar-refractivity contribution in [3.63, 3.8) is 0 Å². The molecular formula is C18H20ClN3O2. The number of carbonyl (C=O) groups excluding carboxylic acids is 1. The number of morpholine rings is 1. The lowest BCUT2D eigenvalue weighted by Gasteiger charge is -2.28. The van der Waals surface area contributed by atoms with Gasteiger partial charge >= 0.3 is 0 Å². The van der Waals surface area contributed by atoms with Crippen LogP contribution in [0, 0.1) is 0 Å². The predicted octanol–water partition coefficient (Wildman–Crippen LogP) is 3.06. The molecule has 6 heteroatoms.